The number of hydrogen-bond donors (Lipinski definition) is 1. The molecule has 0 saturated heterocycles. The highest BCUT2D eigenvalue weighted by atomic mass is 35.5. The molecular formula is C19H17Cl2NO5. The van der Waals surface area contributed by atoms with E-state index in [9.17, 15) is 9.59 Å². The van der Waals surface area contributed by atoms with Gasteiger partial charge in [0.15, 0.2) is 6.61 Å². The highest BCUT2D eigenvalue weighted by Crippen LogP contribution is 2.29. The summed E-state index contributed by atoms with van der Waals surface area (Å²) < 4.78 is 15.3. The van der Waals surface area contributed by atoms with E-state index in [0.717, 1.165) is 0 Å². The first-order valence-electron chi connectivity index (χ1n) is 7.75. The average molecular weight is 410 g/mol. The number of halogens is 2. The van der Waals surface area contributed by atoms with Gasteiger partial charge in [-0.25, -0.2) is 4.79 Å². The summed E-state index contributed by atoms with van der Waals surface area (Å²) in [5.74, 6) is -0.0538. The van der Waals surface area contributed by atoms with Crippen molar-refractivity contribution in [3.05, 3.63) is 58.1 Å². The van der Waals surface area contributed by atoms with E-state index in [0.29, 0.717) is 27.8 Å². The van der Waals surface area contributed by atoms with Crippen molar-refractivity contribution in [2.45, 2.75) is 0 Å². The molecule has 0 aliphatic carbocycles. The third-order valence-electron chi connectivity index (χ3n) is 3.41. The van der Waals surface area contributed by atoms with Crippen LogP contribution in [0.4, 0.5) is 5.69 Å². The molecule has 0 heterocycles. The molecule has 2 aromatic rings. The average Bonchev–Trinajstić information content (AvgIpc) is 2.68. The zero-order valence-electron chi connectivity index (χ0n) is 14.6. The predicted molar refractivity (Wildman–Crippen MR) is 105 cm³/mol. The van der Waals surface area contributed by atoms with Crippen molar-refractivity contribution in [3.63, 3.8) is 0 Å². The van der Waals surface area contributed by atoms with Gasteiger partial charge in [-0.1, -0.05) is 29.3 Å². The maximum Gasteiger partial charge on any atom is 0.331 e. The zero-order chi connectivity index (χ0) is 19.8. The Labute approximate surface area is 166 Å². The lowest BCUT2D eigenvalue weighted by atomic mass is 10.1. The van der Waals surface area contributed by atoms with E-state index in [1.165, 1.54) is 26.4 Å². The van der Waals surface area contributed by atoms with E-state index in [1.807, 2.05) is 0 Å². The molecule has 0 atom stereocenters. The number of carbonyl (C=O) groups is 2. The highest BCUT2D eigenvalue weighted by molar-refractivity contribution is 6.44. The van der Waals surface area contributed by atoms with Gasteiger partial charge in [-0.3, -0.25) is 4.79 Å². The lowest BCUT2D eigenvalue weighted by molar-refractivity contribution is -0.142. The fraction of sp³-hybridized carbons (Fsp3) is 0.158. The number of amides is 1. The number of methoxy groups -OCH3 is 2. The van der Waals surface area contributed by atoms with Gasteiger partial charge >= 0.3 is 5.97 Å². The molecule has 6 nitrogen and oxygen atoms in total. The topological polar surface area (TPSA) is 73.9 Å². The van der Waals surface area contributed by atoms with Crippen LogP contribution in [0.15, 0.2) is 42.5 Å². The largest absolute Gasteiger partial charge is 0.497 e. The van der Waals surface area contributed by atoms with Gasteiger partial charge in [-0.05, 0) is 36.4 Å². The summed E-state index contributed by atoms with van der Waals surface area (Å²) in [4.78, 5) is 23.7. The summed E-state index contributed by atoms with van der Waals surface area (Å²) in [7, 11) is 3.05. The first-order valence-corrected chi connectivity index (χ1v) is 8.51. The Morgan fingerprint density at radius 1 is 1.11 bits per heavy atom. The van der Waals surface area contributed by atoms with Crippen LogP contribution in [0.2, 0.25) is 10.0 Å². The maximum atomic E-state index is 11.9. The molecule has 0 spiro atoms. The third-order valence-corrected chi connectivity index (χ3v) is 4.23. The van der Waals surface area contributed by atoms with Gasteiger partial charge in [0.1, 0.15) is 11.5 Å². The summed E-state index contributed by atoms with van der Waals surface area (Å²) in [5.41, 5.74) is 0.964. The number of benzene rings is 2. The van der Waals surface area contributed by atoms with E-state index in [2.05, 4.69) is 5.32 Å². The van der Waals surface area contributed by atoms with E-state index in [-0.39, 0.29) is 5.02 Å². The van der Waals surface area contributed by atoms with Gasteiger partial charge in [0.25, 0.3) is 5.91 Å². The van der Waals surface area contributed by atoms with Crippen molar-refractivity contribution < 1.29 is 23.8 Å². The van der Waals surface area contributed by atoms with Gasteiger partial charge in [0.05, 0.1) is 30.0 Å². The van der Waals surface area contributed by atoms with Crippen LogP contribution in [0, 0.1) is 0 Å². The van der Waals surface area contributed by atoms with Crippen LogP contribution in [0.5, 0.6) is 11.5 Å². The Balaban J connectivity index is 1.93. The Bertz CT molecular complexity index is 867. The first kappa shape index (κ1) is 20.6. The van der Waals surface area contributed by atoms with E-state index < -0.39 is 18.5 Å². The van der Waals surface area contributed by atoms with Crippen molar-refractivity contribution >= 4 is 46.8 Å². The Kier molecular flexibility index (Phi) is 7.52. The molecule has 27 heavy (non-hydrogen) atoms. The molecule has 0 aliphatic rings. The van der Waals surface area contributed by atoms with Crippen molar-refractivity contribution in [1.29, 1.82) is 0 Å². The Morgan fingerprint density at radius 2 is 1.89 bits per heavy atom. The molecule has 0 aliphatic heterocycles. The van der Waals surface area contributed by atoms with Crippen molar-refractivity contribution in [3.8, 4) is 11.5 Å². The quantitative estimate of drug-likeness (QED) is 0.547. The molecule has 0 aromatic heterocycles. The van der Waals surface area contributed by atoms with Crippen molar-refractivity contribution in [2.75, 3.05) is 26.1 Å². The normalized spacial score (nSPS) is 10.5. The van der Waals surface area contributed by atoms with Gasteiger partial charge in [-0.2, -0.15) is 0 Å². The number of hydrogen-bond acceptors (Lipinski definition) is 5. The minimum Gasteiger partial charge on any atom is -0.497 e. The number of carbonyl (C=O) groups excluding carboxylic acids is 2. The molecule has 1 N–H and O–H groups in total. The first-order chi connectivity index (χ1) is 12.9. The van der Waals surface area contributed by atoms with E-state index in [1.54, 1.807) is 36.4 Å². The predicted octanol–water partition coefficient (Wildman–Crippen LogP) is 4.21. The van der Waals surface area contributed by atoms with Gasteiger partial charge in [0, 0.05) is 11.6 Å². The fourth-order valence-corrected chi connectivity index (χ4v) is 2.45. The standard InChI is InChI=1S/C19H17Cl2NO5/c1-25-13-7-8-16(26-2)12(10-13)6-9-18(24)27-11-17(23)22-15-5-3-4-14(20)19(15)21/h3-10H,11H2,1-2H3,(H,22,23)/b9-6+. The molecule has 8 heteroatoms. The smallest absolute Gasteiger partial charge is 0.331 e. The Morgan fingerprint density at radius 3 is 2.59 bits per heavy atom. The SMILES string of the molecule is COc1ccc(OC)c(/C=C/C(=O)OCC(=O)Nc2cccc(Cl)c2Cl)c1. The second-order valence-electron chi connectivity index (χ2n) is 5.20. The molecule has 142 valence electrons. The minimum absolute atomic E-state index is 0.212. The monoisotopic (exact) mass is 409 g/mol. The summed E-state index contributed by atoms with van der Waals surface area (Å²) in [6.07, 6.45) is 2.70. The molecule has 1 amide bonds. The van der Waals surface area contributed by atoms with Gasteiger partial charge in [0.2, 0.25) is 0 Å². The highest BCUT2D eigenvalue weighted by Gasteiger charge is 2.10. The molecule has 0 unspecified atom stereocenters. The number of anilines is 1. The molecule has 0 bridgehead atoms. The number of rotatable bonds is 7. The van der Waals surface area contributed by atoms with Crippen LogP contribution >= 0.6 is 23.2 Å². The van der Waals surface area contributed by atoms with Crippen LogP contribution in [0.1, 0.15) is 5.56 Å². The van der Waals surface area contributed by atoms with Crippen LogP contribution in [0.3, 0.4) is 0 Å². The van der Waals surface area contributed by atoms with Crippen LogP contribution in [-0.4, -0.2) is 32.7 Å². The molecule has 2 aromatic carbocycles. The molecule has 2 rings (SSSR count). The molecule has 0 radical (unpaired) electrons. The molecule has 0 fully saturated rings. The summed E-state index contributed by atoms with van der Waals surface area (Å²) in [5, 5.41) is 3.04. The van der Waals surface area contributed by atoms with E-state index >= 15 is 0 Å². The fourth-order valence-electron chi connectivity index (χ4n) is 2.10. The summed E-state index contributed by atoms with van der Waals surface area (Å²) in [6.45, 7) is -0.471. The minimum atomic E-state index is -0.688. The summed E-state index contributed by atoms with van der Waals surface area (Å²) >= 11 is 11.9. The summed E-state index contributed by atoms with van der Waals surface area (Å²) in [6, 6.07) is 9.97. The number of esters is 1. The van der Waals surface area contributed by atoms with Crippen molar-refractivity contribution in [2.24, 2.45) is 0 Å². The lowest BCUT2D eigenvalue weighted by Gasteiger charge is -2.08. The van der Waals surface area contributed by atoms with Gasteiger partial charge < -0.3 is 19.5 Å². The maximum absolute atomic E-state index is 11.9. The number of ether oxygens (including phenoxy) is 3. The lowest BCUT2D eigenvalue weighted by Crippen LogP contribution is -2.20. The Hall–Kier alpha value is -2.70. The zero-order valence-corrected chi connectivity index (χ0v) is 16.1. The van der Waals surface area contributed by atoms with Crippen molar-refractivity contribution in [1.82, 2.24) is 0 Å². The van der Waals surface area contributed by atoms with Crippen LogP contribution in [-0.2, 0) is 14.3 Å². The second kappa shape index (κ2) is 9.85. The molecule has 0 saturated carbocycles. The van der Waals surface area contributed by atoms with E-state index in [4.69, 9.17) is 37.4 Å². The van der Waals surface area contributed by atoms with Gasteiger partial charge in [-0.15, -0.1) is 0 Å². The second-order valence-corrected chi connectivity index (χ2v) is 5.98. The van der Waals surface area contributed by atoms with Crippen LogP contribution in [0.25, 0.3) is 6.08 Å². The third kappa shape index (κ3) is 5.91. The van der Waals surface area contributed by atoms with Crippen LogP contribution < -0.4 is 14.8 Å². The molecular weight excluding hydrogens is 393 g/mol. The number of nitrogens with one attached hydrogen (secondary N) is 1.